The Hall–Kier alpha value is -1.80. The van der Waals surface area contributed by atoms with E-state index >= 15 is 0 Å². The zero-order chi connectivity index (χ0) is 17.9. The predicted octanol–water partition coefficient (Wildman–Crippen LogP) is 3.37. The molecule has 0 atom stereocenters. The van der Waals surface area contributed by atoms with Crippen molar-refractivity contribution >= 4 is 29.9 Å². The molecule has 6 heteroatoms. The van der Waals surface area contributed by atoms with E-state index in [-0.39, 0.29) is 24.0 Å². The summed E-state index contributed by atoms with van der Waals surface area (Å²) in [5, 5.41) is 6.68. The molecule has 0 unspecified atom stereocenters. The third-order valence-electron chi connectivity index (χ3n) is 3.85. The van der Waals surface area contributed by atoms with Crippen molar-refractivity contribution in [2.45, 2.75) is 19.6 Å². The maximum Gasteiger partial charge on any atom is 0.191 e. The summed E-state index contributed by atoms with van der Waals surface area (Å²) in [4.78, 5) is 4.27. The second-order valence-corrected chi connectivity index (χ2v) is 5.70. The molecule has 0 aliphatic heterocycles. The topological polar surface area (TPSA) is 54.9 Å². The predicted molar refractivity (Wildman–Crippen MR) is 117 cm³/mol. The lowest BCUT2D eigenvalue weighted by Crippen LogP contribution is -2.37. The first-order valence-corrected chi connectivity index (χ1v) is 8.39. The summed E-state index contributed by atoms with van der Waals surface area (Å²) in [6.07, 6.45) is 0.925. The zero-order valence-electron chi connectivity index (χ0n) is 15.6. The van der Waals surface area contributed by atoms with Crippen molar-refractivity contribution in [3.63, 3.8) is 0 Å². The van der Waals surface area contributed by atoms with Gasteiger partial charge in [0.1, 0.15) is 5.75 Å². The Bertz CT molecular complexity index is 675. The molecule has 0 aromatic heterocycles. The second kappa shape index (κ2) is 12.5. The van der Waals surface area contributed by atoms with E-state index in [1.54, 1.807) is 21.3 Å². The van der Waals surface area contributed by atoms with Gasteiger partial charge in [0.05, 0.1) is 13.7 Å². The number of aliphatic imine (C=N–C) groups is 1. The van der Waals surface area contributed by atoms with Crippen LogP contribution in [0.5, 0.6) is 5.75 Å². The maximum atomic E-state index is 5.17. The number of nitrogens with one attached hydrogen (secondary N) is 2. The summed E-state index contributed by atoms with van der Waals surface area (Å²) in [5.74, 6) is 1.68. The summed E-state index contributed by atoms with van der Waals surface area (Å²) in [7, 11) is 5.17. The quantitative estimate of drug-likeness (QED) is 0.354. The van der Waals surface area contributed by atoms with E-state index in [2.05, 4.69) is 46.0 Å². The van der Waals surface area contributed by atoms with E-state index in [0.29, 0.717) is 6.61 Å². The fraction of sp³-hybridized carbons (Fsp3) is 0.350. The largest absolute Gasteiger partial charge is 0.497 e. The molecule has 2 aromatic carbocycles. The van der Waals surface area contributed by atoms with Crippen LogP contribution in [0.3, 0.4) is 0 Å². The smallest absolute Gasteiger partial charge is 0.191 e. The van der Waals surface area contributed by atoms with Gasteiger partial charge in [-0.2, -0.15) is 0 Å². The Morgan fingerprint density at radius 3 is 2.35 bits per heavy atom. The van der Waals surface area contributed by atoms with Crippen molar-refractivity contribution in [2.24, 2.45) is 4.99 Å². The fourth-order valence-electron chi connectivity index (χ4n) is 2.52. The molecule has 0 heterocycles. The van der Waals surface area contributed by atoms with Crippen LogP contribution in [0.4, 0.5) is 0 Å². The lowest BCUT2D eigenvalue weighted by Gasteiger charge is -2.12. The minimum atomic E-state index is 0. The van der Waals surface area contributed by atoms with Crippen LogP contribution < -0.4 is 15.4 Å². The highest BCUT2D eigenvalue weighted by Gasteiger charge is 2.01. The first-order chi connectivity index (χ1) is 12.2. The molecule has 0 bridgehead atoms. The van der Waals surface area contributed by atoms with Crippen LogP contribution in [0, 0.1) is 0 Å². The van der Waals surface area contributed by atoms with E-state index in [1.807, 2.05) is 18.2 Å². The van der Waals surface area contributed by atoms with Gasteiger partial charge in [-0.15, -0.1) is 24.0 Å². The van der Waals surface area contributed by atoms with Gasteiger partial charge in [0, 0.05) is 27.2 Å². The monoisotopic (exact) mass is 469 g/mol. The zero-order valence-corrected chi connectivity index (χ0v) is 17.9. The molecule has 0 spiro atoms. The summed E-state index contributed by atoms with van der Waals surface area (Å²) in [5.41, 5.74) is 3.63. The van der Waals surface area contributed by atoms with Crippen LogP contribution in [-0.2, 0) is 24.3 Å². The van der Waals surface area contributed by atoms with Gasteiger partial charge in [-0.25, -0.2) is 0 Å². The molecule has 0 amide bonds. The molecule has 26 heavy (non-hydrogen) atoms. The second-order valence-electron chi connectivity index (χ2n) is 5.70. The normalized spacial score (nSPS) is 10.8. The average molecular weight is 469 g/mol. The molecule has 2 aromatic rings. The molecule has 0 fully saturated rings. The van der Waals surface area contributed by atoms with Crippen molar-refractivity contribution in [2.75, 3.05) is 27.8 Å². The number of hydrogen-bond donors (Lipinski definition) is 2. The number of nitrogens with zero attached hydrogens (tertiary/aromatic N) is 1. The third-order valence-corrected chi connectivity index (χ3v) is 3.85. The van der Waals surface area contributed by atoms with Gasteiger partial charge in [-0.1, -0.05) is 36.4 Å². The number of guanidine groups is 1. The molecule has 0 aliphatic rings. The molecule has 142 valence electrons. The Balaban J connectivity index is 0.00000338. The van der Waals surface area contributed by atoms with E-state index in [0.717, 1.165) is 31.2 Å². The molecule has 0 aliphatic carbocycles. The Morgan fingerprint density at radius 1 is 0.962 bits per heavy atom. The fourth-order valence-corrected chi connectivity index (χ4v) is 2.52. The SMILES string of the molecule is CN=C(NCCc1ccc(OC)cc1)NCc1cccc(COC)c1.I. The number of methoxy groups -OCH3 is 2. The molecule has 0 saturated carbocycles. The van der Waals surface area contributed by atoms with E-state index in [9.17, 15) is 0 Å². The number of halogens is 1. The third kappa shape index (κ3) is 7.61. The van der Waals surface area contributed by atoms with E-state index in [1.165, 1.54) is 16.7 Å². The average Bonchev–Trinajstić information content (AvgIpc) is 2.65. The van der Waals surface area contributed by atoms with Gasteiger partial charge in [0.2, 0.25) is 0 Å². The number of rotatable bonds is 8. The number of ether oxygens (including phenoxy) is 2. The highest BCUT2D eigenvalue weighted by molar-refractivity contribution is 14.0. The molecular formula is C20H28IN3O2. The Morgan fingerprint density at radius 2 is 1.69 bits per heavy atom. The van der Waals surface area contributed by atoms with Crippen LogP contribution >= 0.6 is 24.0 Å². The lowest BCUT2D eigenvalue weighted by atomic mass is 10.1. The first kappa shape index (κ1) is 22.2. The maximum absolute atomic E-state index is 5.17. The van der Waals surface area contributed by atoms with Crippen LogP contribution in [-0.4, -0.2) is 33.8 Å². The highest BCUT2D eigenvalue weighted by atomic mass is 127. The van der Waals surface area contributed by atoms with Crippen molar-refractivity contribution < 1.29 is 9.47 Å². The van der Waals surface area contributed by atoms with Gasteiger partial charge >= 0.3 is 0 Å². The minimum Gasteiger partial charge on any atom is -0.497 e. The molecular weight excluding hydrogens is 441 g/mol. The number of hydrogen-bond acceptors (Lipinski definition) is 3. The van der Waals surface area contributed by atoms with E-state index < -0.39 is 0 Å². The Labute approximate surface area is 173 Å². The molecule has 2 rings (SSSR count). The Kier molecular flexibility index (Phi) is 10.7. The van der Waals surface area contributed by atoms with Gasteiger partial charge in [0.25, 0.3) is 0 Å². The van der Waals surface area contributed by atoms with Gasteiger partial charge in [-0.05, 0) is 35.2 Å². The van der Waals surface area contributed by atoms with E-state index in [4.69, 9.17) is 9.47 Å². The summed E-state index contributed by atoms with van der Waals surface area (Å²) in [6.45, 7) is 2.16. The molecule has 0 radical (unpaired) electrons. The van der Waals surface area contributed by atoms with Gasteiger partial charge in [0.15, 0.2) is 5.96 Å². The highest BCUT2D eigenvalue weighted by Crippen LogP contribution is 2.11. The summed E-state index contributed by atoms with van der Waals surface area (Å²) < 4.78 is 10.3. The summed E-state index contributed by atoms with van der Waals surface area (Å²) >= 11 is 0. The van der Waals surface area contributed by atoms with Crippen LogP contribution in [0.2, 0.25) is 0 Å². The standard InChI is InChI=1S/C20H27N3O2.HI/c1-21-20(22-12-11-16-7-9-19(25-3)10-8-16)23-14-17-5-4-6-18(13-17)15-24-2;/h4-10,13H,11-12,14-15H2,1-3H3,(H2,21,22,23);1H. The van der Waals surface area contributed by atoms with Crippen molar-refractivity contribution in [3.8, 4) is 5.75 Å². The van der Waals surface area contributed by atoms with Crippen molar-refractivity contribution in [1.29, 1.82) is 0 Å². The van der Waals surface area contributed by atoms with Crippen molar-refractivity contribution in [3.05, 3.63) is 65.2 Å². The summed E-state index contributed by atoms with van der Waals surface area (Å²) in [6, 6.07) is 16.5. The molecule has 2 N–H and O–H groups in total. The lowest BCUT2D eigenvalue weighted by molar-refractivity contribution is 0.185. The van der Waals surface area contributed by atoms with Crippen LogP contribution in [0.1, 0.15) is 16.7 Å². The van der Waals surface area contributed by atoms with Crippen molar-refractivity contribution in [1.82, 2.24) is 10.6 Å². The van der Waals surface area contributed by atoms with Crippen LogP contribution in [0.25, 0.3) is 0 Å². The number of benzene rings is 2. The molecule has 0 saturated heterocycles. The first-order valence-electron chi connectivity index (χ1n) is 8.39. The van der Waals surface area contributed by atoms with Gasteiger partial charge < -0.3 is 20.1 Å². The minimum absolute atomic E-state index is 0. The van der Waals surface area contributed by atoms with Gasteiger partial charge in [-0.3, -0.25) is 4.99 Å². The van der Waals surface area contributed by atoms with Crippen LogP contribution in [0.15, 0.2) is 53.5 Å². The molecule has 5 nitrogen and oxygen atoms in total.